The van der Waals surface area contributed by atoms with Crippen LogP contribution in [0.5, 0.6) is 0 Å². The Morgan fingerprint density at radius 3 is 2.70 bits per heavy atom. The molecule has 0 radical (unpaired) electrons. The zero-order valence-corrected chi connectivity index (χ0v) is 13.4. The standard InChI is InChI=1S/C14H27N3O2.ClH/c1-3-8-16-13(18)6-7-14(19)17-9-4-5-12(10-17)11(2)15;/h11-12H,3-10,15H2,1-2H3,(H,16,18);1H. The van der Waals surface area contributed by atoms with E-state index in [-0.39, 0.29) is 36.7 Å². The van der Waals surface area contributed by atoms with Crippen molar-refractivity contribution in [3.8, 4) is 0 Å². The van der Waals surface area contributed by atoms with Crippen LogP contribution in [-0.2, 0) is 9.59 Å². The Morgan fingerprint density at radius 2 is 2.10 bits per heavy atom. The van der Waals surface area contributed by atoms with Crippen LogP contribution in [0.2, 0.25) is 0 Å². The molecule has 1 fully saturated rings. The first-order valence-corrected chi connectivity index (χ1v) is 7.34. The van der Waals surface area contributed by atoms with Gasteiger partial charge in [0.2, 0.25) is 11.8 Å². The highest BCUT2D eigenvalue weighted by Gasteiger charge is 2.25. The molecule has 0 aromatic rings. The molecule has 0 bridgehead atoms. The van der Waals surface area contributed by atoms with Gasteiger partial charge in [-0.05, 0) is 32.1 Å². The van der Waals surface area contributed by atoms with E-state index in [9.17, 15) is 9.59 Å². The lowest BCUT2D eigenvalue weighted by atomic mass is 9.92. The summed E-state index contributed by atoms with van der Waals surface area (Å²) in [5.74, 6) is 0.444. The molecule has 5 nitrogen and oxygen atoms in total. The van der Waals surface area contributed by atoms with Crippen molar-refractivity contribution < 1.29 is 9.59 Å². The van der Waals surface area contributed by atoms with Gasteiger partial charge in [0, 0.05) is 38.5 Å². The lowest BCUT2D eigenvalue weighted by molar-refractivity contribution is -0.135. The van der Waals surface area contributed by atoms with Crippen molar-refractivity contribution in [2.24, 2.45) is 11.7 Å². The van der Waals surface area contributed by atoms with Crippen molar-refractivity contribution in [1.82, 2.24) is 10.2 Å². The predicted molar refractivity (Wildman–Crippen MR) is 82.7 cm³/mol. The van der Waals surface area contributed by atoms with Crippen molar-refractivity contribution in [3.05, 3.63) is 0 Å². The Hall–Kier alpha value is -0.810. The molecule has 2 unspecified atom stereocenters. The van der Waals surface area contributed by atoms with Gasteiger partial charge in [-0.15, -0.1) is 12.4 Å². The van der Waals surface area contributed by atoms with E-state index in [0.29, 0.717) is 18.9 Å². The molecule has 1 saturated heterocycles. The number of nitrogens with one attached hydrogen (secondary N) is 1. The Balaban J connectivity index is 0.00000361. The molecular formula is C14H28ClN3O2. The lowest BCUT2D eigenvalue weighted by Gasteiger charge is -2.34. The van der Waals surface area contributed by atoms with Gasteiger partial charge in [0.1, 0.15) is 0 Å². The van der Waals surface area contributed by atoms with Crippen LogP contribution in [0.25, 0.3) is 0 Å². The summed E-state index contributed by atoms with van der Waals surface area (Å²) in [6.45, 7) is 6.24. The first-order valence-electron chi connectivity index (χ1n) is 7.34. The first-order chi connectivity index (χ1) is 9.04. The van der Waals surface area contributed by atoms with Crippen molar-refractivity contribution in [3.63, 3.8) is 0 Å². The van der Waals surface area contributed by atoms with Crippen molar-refractivity contribution >= 4 is 24.2 Å². The molecule has 118 valence electrons. The summed E-state index contributed by atoms with van der Waals surface area (Å²) in [7, 11) is 0. The molecule has 0 saturated carbocycles. The highest BCUT2D eigenvalue weighted by atomic mass is 35.5. The summed E-state index contributed by atoms with van der Waals surface area (Å²) in [6.07, 6.45) is 3.62. The van der Waals surface area contributed by atoms with Gasteiger partial charge in [-0.1, -0.05) is 6.92 Å². The molecule has 1 heterocycles. The van der Waals surface area contributed by atoms with Crippen LogP contribution in [0, 0.1) is 5.92 Å². The maximum Gasteiger partial charge on any atom is 0.223 e. The van der Waals surface area contributed by atoms with Crippen LogP contribution < -0.4 is 11.1 Å². The molecule has 0 aromatic carbocycles. The summed E-state index contributed by atoms with van der Waals surface area (Å²) in [5.41, 5.74) is 5.90. The minimum Gasteiger partial charge on any atom is -0.356 e. The van der Waals surface area contributed by atoms with E-state index < -0.39 is 0 Å². The minimum atomic E-state index is -0.0315. The molecule has 0 aromatic heterocycles. The van der Waals surface area contributed by atoms with Gasteiger partial charge in [-0.25, -0.2) is 0 Å². The number of nitrogens with zero attached hydrogens (tertiary/aromatic N) is 1. The van der Waals surface area contributed by atoms with Gasteiger partial charge >= 0.3 is 0 Å². The monoisotopic (exact) mass is 305 g/mol. The second kappa shape index (κ2) is 10.00. The fourth-order valence-electron chi connectivity index (χ4n) is 2.40. The van der Waals surface area contributed by atoms with Crippen LogP contribution >= 0.6 is 12.4 Å². The van der Waals surface area contributed by atoms with E-state index >= 15 is 0 Å². The number of halogens is 1. The van der Waals surface area contributed by atoms with Crippen molar-refractivity contribution in [2.45, 2.75) is 52.0 Å². The fraction of sp³-hybridized carbons (Fsp3) is 0.857. The third kappa shape index (κ3) is 6.57. The van der Waals surface area contributed by atoms with E-state index in [0.717, 1.165) is 32.4 Å². The summed E-state index contributed by atoms with van der Waals surface area (Å²) in [4.78, 5) is 25.4. The predicted octanol–water partition coefficient (Wildman–Crippen LogP) is 1.30. The molecule has 0 spiro atoms. The highest BCUT2D eigenvalue weighted by Crippen LogP contribution is 2.19. The number of likely N-dealkylation sites (tertiary alicyclic amines) is 1. The van der Waals surface area contributed by atoms with Crippen LogP contribution in [0.1, 0.15) is 46.0 Å². The smallest absolute Gasteiger partial charge is 0.223 e. The number of hydrogen-bond donors (Lipinski definition) is 2. The van der Waals surface area contributed by atoms with Crippen LogP contribution in [0.4, 0.5) is 0 Å². The third-order valence-electron chi connectivity index (χ3n) is 3.69. The normalized spacial score (nSPS) is 19.9. The zero-order chi connectivity index (χ0) is 14.3. The average molecular weight is 306 g/mol. The van der Waals surface area contributed by atoms with Crippen molar-refractivity contribution in [1.29, 1.82) is 0 Å². The Bertz CT molecular complexity index is 311. The van der Waals surface area contributed by atoms with Gasteiger partial charge in [-0.2, -0.15) is 0 Å². The molecule has 2 amide bonds. The number of amides is 2. The molecule has 20 heavy (non-hydrogen) atoms. The Labute approximate surface area is 128 Å². The molecule has 1 rings (SSSR count). The largest absolute Gasteiger partial charge is 0.356 e. The molecule has 2 atom stereocenters. The van der Waals surface area contributed by atoms with Crippen LogP contribution in [-0.4, -0.2) is 42.4 Å². The summed E-state index contributed by atoms with van der Waals surface area (Å²) in [5, 5.41) is 2.79. The molecule has 3 N–H and O–H groups in total. The second-order valence-electron chi connectivity index (χ2n) is 5.45. The molecule has 6 heteroatoms. The number of hydrogen-bond acceptors (Lipinski definition) is 3. The van der Waals surface area contributed by atoms with Crippen molar-refractivity contribution in [2.75, 3.05) is 19.6 Å². The molecular weight excluding hydrogens is 278 g/mol. The van der Waals surface area contributed by atoms with Gasteiger partial charge in [0.15, 0.2) is 0 Å². The number of carbonyl (C=O) groups excluding carboxylic acids is 2. The van der Waals surface area contributed by atoms with E-state index in [1.807, 2.05) is 18.7 Å². The van der Waals surface area contributed by atoms with Gasteiger partial charge in [0.05, 0.1) is 0 Å². The van der Waals surface area contributed by atoms with E-state index in [2.05, 4.69) is 5.32 Å². The first kappa shape index (κ1) is 19.2. The number of piperidine rings is 1. The van der Waals surface area contributed by atoms with E-state index in [1.54, 1.807) is 0 Å². The maximum absolute atomic E-state index is 12.0. The van der Waals surface area contributed by atoms with Gasteiger partial charge < -0.3 is 16.0 Å². The SMILES string of the molecule is CCCNC(=O)CCC(=O)N1CCCC(C(C)N)C1.Cl. The van der Waals surface area contributed by atoms with E-state index in [4.69, 9.17) is 5.73 Å². The topological polar surface area (TPSA) is 75.4 Å². The van der Waals surface area contributed by atoms with Gasteiger partial charge in [-0.3, -0.25) is 9.59 Å². The summed E-state index contributed by atoms with van der Waals surface area (Å²) >= 11 is 0. The summed E-state index contributed by atoms with van der Waals surface area (Å²) < 4.78 is 0. The Morgan fingerprint density at radius 1 is 1.40 bits per heavy atom. The van der Waals surface area contributed by atoms with Gasteiger partial charge in [0.25, 0.3) is 0 Å². The molecule has 0 aliphatic carbocycles. The molecule has 1 aliphatic rings. The zero-order valence-electron chi connectivity index (χ0n) is 12.6. The fourth-order valence-corrected chi connectivity index (χ4v) is 2.40. The highest BCUT2D eigenvalue weighted by molar-refractivity contribution is 5.85. The number of nitrogens with two attached hydrogens (primary N) is 1. The van der Waals surface area contributed by atoms with Crippen LogP contribution in [0.3, 0.4) is 0 Å². The number of carbonyl (C=O) groups is 2. The van der Waals surface area contributed by atoms with E-state index in [1.165, 1.54) is 0 Å². The third-order valence-corrected chi connectivity index (χ3v) is 3.69. The quantitative estimate of drug-likeness (QED) is 0.776. The maximum atomic E-state index is 12.0. The lowest BCUT2D eigenvalue weighted by Crippen LogP contribution is -2.45. The number of rotatable bonds is 6. The van der Waals surface area contributed by atoms with Crippen LogP contribution in [0.15, 0.2) is 0 Å². The molecule has 1 aliphatic heterocycles. The minimum absolute atomic E-state index is 0. The second-order valence-corrected chi connectivity index (χ2v) is 5.45. The average Bonchev–Trinajstić information content (AvgIpc) is 2.42. The summed E-state index contributed by atoms with van der Waals surface area (Å²) in [6, 6.07) is 0.128. The Kier molecular flexibility index (Phi) is 9.59.